The fourth-order valence-electron chi connectivity index (χ4n) is 1.03. The van der Waals surface area contributed by atoms with E-state index < -0.39 is 0 Å². The van der Waals surface area contributed by atoms with Gasteiger partial charge in [0.15, 0.2) is 0 Å². The van der Waals surface area contributed by atoms with Crippen LogP contribution in [0.2, 0.25) is 0 Å². The molecule has 0 amide bonds. The van der Waals surface area contributed by atoms with E-state index in [1.54, 1.807) is 0 Å². The Morgan fingerprint density at radius 1 is 1.17 bits per heavy atom. The first kappa shape index (κ1) is 10.1. The highest BCUT2D eigenvalue weighted by Crippen LogP contribution is 2.28. The third-order valence-corrected chi connectivity index (χ3v) is 3.06. The van der Waals surface area contributed by atoms with E-state index in [1.807, 2.05) is 12.1 Å². The van der Waals surface area contributed by atoms with E-state index in [4.69, 9.17) is 11.6 Å². The molecule has 0 heterocycles. The molecular weight excluding hydrogens is 235 g/mol. The van der Waals surface area contributed by atoms with Crippen molar-refractivity contribution in [3.05, 3.63) is 34.3 Å². The molecule has 2 heteroatoms. The fourth-order valence-corrected chi connectivity index (χ4v) is 1.44. The van der Waals surface area contributed by atoms with Gasteiger partial charge in [-0.3, -0.25) is 0 Å². The van der Waals surface area contributed by atoms with E-state index >= 15 is 0 Å². The van der Waals surface area contributed by atoms with E-state index in [0.29, 0.717) is 5.92 Å². The third kappa shape index (κ3) is 2.49. The Morgan fingerprint density at radius 2 is 1.67 bits per heavy atom. The smallest absolute Gasteiger partial charge is 0.0608 e. The van der Waals surface area contributed by atoms with Crippen LogP contribution in [-0.2, 0) is 0 Å². The maximum Gasteiger partial charge on any atom is 0.0608 e. The first-order valence-electron chi connectivity index (χ1n) is 4.01. The van der Waals surface area contributed by atoms with Gasteiger partial charge in [-0.1, -0.05) is 41.9 Å². The minimum absolute atomic E-state index is 0.123. The quantitative estimate of drug-likeness (QED) is 0.680. The minimum Gasteiger partial charge on any atom is -0.118 e. The Hall–Kier alpha value is -0.0100. The summed E-state index contributed by atoms with van der Waals surface area (Å²) in [5.74, 6) is 0.479. The second-order valence-corrected chi connectivity index (χ2v) is 4.58. The Bertz CT molecular complexity index is 241. The Kier molecular flexibility index (Phi) is 3.60. The van der Waals surface area contributed by atoms with Crippen molar-refractivity contribution in [3.63, 3.8) is 0 Å². The van der Waals surface area contributed by atoms with Crippen LogP contribution in [0.5, 0.6) is 0 Å². The molecule has 66 valence electrons. The zero-order chi connectivity index (χ0) is 9.14. The number of rotatable bonds is 2. The molecule has 0 nitrogen and oxygen atoms in total. The monoisotopic (exact) mass is 246 g/mol. The average Bonchev–Trinajstić information content (AvgIpc) is 2.04. The summed E-state index contributed by atoms with van der Waals surface area (Å²) in [6.07, 6.45) is 0. The normalized spacial score (nSPS) is 13.4. The lowest BCUT2D eigenvalue weighted by Gasteiger charge is -2.13. The lowest BCUT2D eigenvalue weighted by Crippen LogP contribution is -1.98. The van der Waals surface area contributed by atoms with Gasteiger partial charge < -0.3 is 0 Å². The van der Waals surface area contributed by atoms with E-state index in [-0.39, 0.29) is 5.38 Å². The second-order valence-electron chi connectivity index (χ2n) is 3.20. The molecule has 0 radical (unpaired) electrons. The van der Waals surface area contributed by atoms with Gasteiger partial charge in [0, 0.05) is 4.47 Å². The van der Waals surface area contributed by atoms with Gasteiger partial charge in [-0.15, -0.1) is 11.6 Å². The van der Waals surface area contributed by atoms with Crippen molar-refractivity contribution in [1.82, 2.24) is 0 Å². The Morgan fingerprint density at radius 3 is 2.08 bits per heavy atom. The van der Waals surface area contributed by atoms with E-state index in [9.17, 15) is 0 Å². The van der Waals surface area contributed by atoms with Crippen molar-refractivity contribution < 1.29 is 0 Å². The molecule has 0 saturated carbocycles. The van der Waals surface area contributed by atoms with Crippen molar-refractivity contribution in [2.24, 2.45) is 5.92 Å². The molecule has 0 spiro atoms. The lowest BCUT2D eigenvalue weighted by molar-refractivity contribution is 0.624. The van der Waals surface area contributed by atoms with Gasteiger partial charge in [-0.2, -0.15) is 0 Å². The van der Waals surface area contributed by atoms with E-state index in [1.165, 1.54) is 5.56 Å². The van der Waals surface area contributed by atoms with Crippen LogP contribution < -0.4 is 0 Å². The largest absolute Gasteiger partial charge is 0.118 e. The first-order chi connectivity index (χ1) is 5.61. The third-order valence-electron chi connectivity index (χ3n) is 1.77. The standard InChI is InChI=1S/C10H12BrCl/c1-7(2)10(12)8-3-5-9(11)6-4-8/h3-7,10H,1-2H3. The molecule has 0 bridgehead atoms. The molecule has 1 aromatic carbocycles. The van der Waals surface area contributed by atoms with Gasteiger partial charge in [0.25, 0.3) is 0 Å². The van der Waals surface area contributed by atoms with Crippen molar-refractivity contribution in [2.75, 3.05) is 0 Å². The predicted molar refractivity (Wildman–Crippen MR) is 57.6 cm³/mol. The molecule has 1 atom stereocenters. The maximum absolute atomic E-state index is 6.18. The minimum atomic E-state index is 0.123. The van der Waals surface area contributed by atoms with Gasteiger partial charge in [0.1, 0.15) is 0 Å². The summed E-state index contributed by atoms with van der Waals surface area (Å²) in [6, 6.07) is 8.16. The Labute approximate surface area is 87.1 Å². The average molecular weight is 248 g/mol. The van der Waals surface area contributed by atoms with Crippen molar-refractivity contribution in [2.45, 2.75) is 19.2 Å². The number of alkyl halides is 1. The highest BCUT2D eigenvalue weighted by molar-refractivity contribution is 9.10. The highest BCUT2D eigenvalue weighted by Gasteiger charge is 2.11. The molecule has 0 aliphatic carbocycles. The predicted octanol–water partition coefficient (Wildman–Crippen LogP) is 4.39. The summed E-state index contributed by atoms with van der Waals surface area (Å²) in [6.45, 7) is 4.25. The molecule has 1 unspecified atom stereocenters. The van der Waals surface area contributed by atoms with E-state index in [0.717, 1.165) is 4.47 Å². The van der Waals surface area contributed by atoms with Crippen LogP contribution in [0.25, 0.3) is 0 Å². The van der Waals surface area contributed by atoms with Crippen LogP contribution in [0, 0.1) is 5.92 Å². The van der Waals surface area contributed by atoms with Crippen molar-refractivity contribution in [3.8, 4) is 0 Å². The molecule has 1 rings (SSSR count). The summed E-state index contributed by atoms with van der Waals surface area (Å²) in [7, 11) is 0. The highest BCUT2D eigenvalue weighted by atomic mass is 79.9. The van der Waals surface area contributed by atoms with Crippen molar-refractivity contribution in [1.29, 1.82) is 0 Å². The van der Waals surface area contributed by atoms with Crippen LogP contribution in [-0.4, -0.2) is 0 Å². The number of hydrogen-bond donors (Lipinski definition) is 0. The molecule has 12 heavy (non-hydrogen) atoms. The topological polar surface area (TPSA) is 0 Å². The van der Waals surface area contributed by atoms with Crippen molar-refractivity contribution >= 4 is 27.5 Å². The molecule has 0 N–H and O–H groups in total. The van der Waals surface area contributed by atoms with Crippen LogP contribution in [0.15, 0.2) is 28.7 Å². The fraction of sp³-hybridized carbons (Fsp3) is 0.400. The van der Waals surface area contributed by atoms with Gasteiger partial charge in [-0.25, -0.2) is 0 Å². The van der Waals surface area contributed by atoms with Gasteiger partial charge in [0.05, 0.1) is 5.38 Å². The zero-order valence-electron chi connectivity index (χ0n) is 7.22. The molecule has 0 aromatic heterocycles. The molecule has 1 aromatic rings. The summed E-state index contributed by atoms with van der Waals surface area (Å²) >= 11 is 9.57. The molecule has 0 fully saturated rings. The Balaban J connectivity index is 2.82. The van der Waals surface area contributed by atoms with Gasteiger partial charge in [-0.05, 0) is 23.6 Å². The lowest BCUT2D eigenvalue weighted by atomic mass is 10.0. The first-order valence-corrected chi connectivity index (χ1v) is 5.23. The number of benzene rings is 1. The summed E-state index contributed by atoms with van der Waals surface area (Å²) in [5, 5.41) is 0.123. The summed E-state index contributed by atoms with van der Waals surface area (Å²) in [5.41, 5.74) is 1.19. The SMILES string of the molecule is CC(C)C(Cl)c1ccc(Br)cc1. The molecule has 0 aliphatic rings. The molecular formula is C10H12BrCl. The second kappa shape index (κ2) is 4.29. The van der Waals surface area contributed by atoms with Crippen LogP contribution in [0.1, 0.15) is 24.8 Å². The maximum atomic E-state index is 6.18. The van der Waals surface area contributed by atoms with Gasteiger partial charge in [0.2, 0.25) is 0 Å². The van der Waals surface area contributed by atoms with Crippen LogP contribution >= 0.6 is 27.5 Å². The van der Waals surface area contributed by atoms with Crippen LogP contribution in [0.4, 0.5) is 0 Å². The summed E-state index contributed by atoms with van der Waals surface area (Å²) < 4.78 is 1.10. The molecule has 0 aliphatic heterocycles. The van der Waals surface area contributed by atoms with Crippen LogP contribution in [0.3, 0.4) is 0 Å². The zero-order valence-corrected chi connectivity index (χ0v) is 9.56. The number of halogens is 2. The van der Waals surface area contributed by atoms with Gasteiger partial charge >= 0.3 is 0 Å². The molecule has 0 saturated heterocycles. The number of hydrogen-bond acceptors (Lipinski definition) is 0. The summed E-state index contributed by atoms with van der Waals surface area (Å²) in [4.78, 5) is 0. The van der Waals surface area contributed by atoms with E-state index in [2.05, 4.69) is 41.9 Å².